The average Bonchev–Trinajstić information content (AvgIpc) is 3.23. The highest BCUT2D eigenvalue weighted by Gasteiger charge is 2.29. The average molecular weight is 481 g/mol. The van der Waals surface area contributed by atoms with Crippen molar-refractivity contribution < 1.29 is 9.59 Å². The van der Waals surface area contributed by atoms with Crippen LogP contribution in [0.4, 0.5) is 11.4 Å². The normalized spacial score (nSPS) is 16.8. The Kier molecular flexibility index (Phi) is 6.87. The monoisotopic (exact) mass is 480 g/mol. The Hall–Kier alpha value is -3.90. The molecule has 0 aliphatic carbocycles. The topological polar surface area (TPSA) is 64.7 Å². The minimum absolute atomic E-state index is 0.101. The van der Waals surface area contributed by atoms with E-state index in [-0.39, 0.29) is 11.8 Å². The van der Waals surface area contributed by atoms with Crippen LogP contribution in [0.1, 0.15) is 46.3 Å². The quantitative estimate of drug-likeness (QED) is 0.470. The van der Waals surface area contributed by atoms with Gasteiger partial charge < -0.3 is 15.5 Å². The largest absolute Gasteiger partial charge is 0.354 e. The summed E-state index contributed by atoms with van der Waals surface area (Å²) >= 11 is 0. The Morgan fingerprint density at radius 3 is 2.33 bits per heavy atom. The molecule has 184 valence electrons. The van der Waals surface area contributed by atoms with Crippen molar-refractivity contribution >= 4 is 34.5 Å². The number of carbonyl (C=O) groups excluding carboxylic acids is 2. The van der Waals surface area contributed by atoms with Gasteiger partial charge in [-0.05, 0) is 61.3 Å². The summed E-state index contributed by atoms with van der Waals surface area (Å²) in [4.78, 5) is 29.7. The third kappa shape index (κ3) is 5.04. The zero-order valence-corrected chi connectivity index (χ0v) is 20.9. The zero-order valence-electron chi connectivity index (χ0n) is 20.9. The van der Waals surface area contributed by atoms with Crippen LogP contribution in [-0.2, 0) is 11.3 Å². The van der Waals surface area contributed by atoms with E-state index in [0.717, 1.165) is 29.1 Å². The van der Waals surface area contributed by atoms with Crippen LogP contribution in [0, 0.1) is 0 Å². The van der Waals surface area contributed by atoms with Gasteiger partial charge in [-0.1, -0.05) is 55.0 Å². The first-order chi connectivity index (χ1) is 17.5. The lowest BCUT2D eigenvalue weighted by molar-refractivity contribution is -0.110. The van der Waals surface area contributed by atoms with Gasteiger partial charge in [-0.3, -0.25) is 14.5 Å². The molecule has 0 aromatic heterocycles. The van der Waals surface area contributed by atoms with Gasteiger partial charge in [0.25, 0.3) is 11.8 Å². The van der Waals surface area contributed by atoms with E-state index in [9.17, 15) is 9.59 Å². The maximum Gasteiger partial charge on any atom is 0.258 e. The summed E-state index contributed by atoms with van der Waals surface area (Å²) in [6.07, 6.45) is 3.89. The minimum Gasteiger partial charge on any atom is -0.354 e. The molecule has 2 aliphatic rings. The number of hydrogen-bond donors (Lipinski definition) is 2. The van der Waals surface area contributed by atoms with Crippen molar-refractivity contribution in [2.24, 2.45) is 0 Å². The van der Waals surface area contributed by atoms with Gasteiger partial charge in [-0.15, -0.1) is 0 Å². The lowest BCUT2D eigenvalue weighted by atomic mass is 9.98. The maximum atomic E-state index is 13.2. The lowest BCUT2D eigenvalue weighted by Gasteiger charge is -2.26. The van der Waals surface area contributed by atoms with Crippen molar-refractivity contribution in [2.75, 3.05) is 37.8 Å². The number of nitrogens with one attached hydrogen (secondary N) is 2. The van der Waals surface area contributed by atoms with Crippen molar-refractivity contribution in [2.45, 2.75) is 25.8 Å². The molecule has 5 rings (SSSR count). The molecule has 0 radical (unpaired) electrons. The van der Waals surface area contributed by atoms with E-state index < -0.39 is 0 Å². The number of fused-ring (bicyclic) bond motifs is 1. The fourth-order valence-electron chi connectivity index (χ4n) is 4.91. The van der Waals surface area contributed by atoms with Crippen LogP contribution < -0.4 is 10.6 Å². The van der Waals surface area contributed by atoms with Crippen molar-refractivity contribution in [1.82, 2.24) is 9.80 Å². The van der Waals surface area contributed by atoms with Crippen LogP contribution in [0.25, 0.3) is 11.3 Å². The molecule has 3 aromatic carbocycles. The Morgan fingerprint density at radius 2 is 1.64 bits per heavy atom. The van der Waals surface area contributed by atoms with Crippen molar-refractivity contribution in [3.05, 3.63) is 95.1 Å². The third-order valence-corrected chi connectivity index (χ3v) is 6.81. The maximum absolute atomic E-state index is 13.2. The van der Waals surface area contributed by atoms with Crippen LogP contribution in [-0.4, -0.2) is 48.8 Å². The lowest BCUT2D eigenvalue weighted by Crippen LogP contribution is -2.29. The Balaban J connectivity index is 1.48. The molecule has 2 aliphatic heterocycles. The van der Waals surface area contributed by atoms with E-state index in [1.165, 1.54) is 42.8 Å². The molecule has 2 N–H and O–H groups in total. The Labute approximate surface area is 212 Å². The van der Waals surface area contributed by atoms with Gasteiger partial charge in [0.15, 0.2) is 0 Å². The molecule has 0 bridgehead atoms. The summed E-state index contributed by atoms with van der Waals surface area (Å²) < 4.78 is 0. The summed E-state index contributed by atoms with van der Waals surface area (Å²) in [5.41, 5.74) is 6.40. The first-order valence-corrected chi connectivity index (χ1v) is 12.5. The highest BCUT2D eigenvalue weighted by atomic mass is 16.2. The molecule has 6 heteroatoms. The highest BCUT2D eigenvalue weighted by molar-refractivity contribution is 6.37. The van der Waals surface area contributed by atoms with E-state index in [4.69, 9.17) is 0 Å². The molecule has 0 saturated carbocycles. The molecule has 0 unspecified atom stereocenters. The molecule has 6 nitrogen and oxygen atoms in total. The van der Waals surface area contributed by atoms with E-state index >= 15 is 0 Å². The van der Waals surface area contributed by atoms with Crippen LogP contribution >= 0.6 is 0 Å². The molecule has 0 atom stereocenters. The SMILES string of the molecule is CN(C)C(=O)c1ccc2c(c1)NC(=O)/C2=C(\Nc1ccc(CN2CCCCC2)cc1)c1ccccc1. The minimum atomic E-state index is -0.187. The summed E-state index contributed by atoms with van der Waals surface area (Å²) in [7, 11) is 3.43. The fourth-order valence-corrected chi connectivity index (χ4v) is 4.91. The van der Waals surface area contributed by atoms with Gasteiger partial charge in [0.1, 0.15) is 0 Å². The van der Waals surface area contributed by atoms with Gasteiger partial charge in [-0.2, -0.15) is 0 Å². The van der Waals surface area contributed by atoms with Gasteiger partial charge in [0.05, 0.1) is 11.3 Å². The third-order valence-electron chi connectivity index (χ3n) is 6.81. The zero-order chi connectivity index (χ0) is 25.1. The molecule has 0 spiro atoms. The molecule has 3 aromatic rings. The van der Waals surface area contributed by atoms with Gasteiger partial charge in [0.2, 0.25) is 0 Å². The number of anilines is 2. The number of carbonyl (C=O) groups is 2. The first kappa shape index (κ1) is 23.8. The summed E-state index contributed by atoms with van der Waals surface area (Å²) in [5, 5.41) is 6.48. The number of rotatable bonds is 6. The summed E-state index contributed by atoms with van der Waals surface area (Å²) in [6, 6.07) is 23.7. The van der Waals surface area contributed by atoms with Gasteiger partial charge in [0, 0.05) is 43.1 Å². The second-order valence-electron chi connectivity index (χ2n) is 9.69. The Morgan fingerprint density at radius 1 is 0.917 bits per heavy atom. The number of piperidine rings is 1. The number of hydrogen-bond acceptors (Lipinski definition) is 4. The molecule has 36 heavy (non-hydrogen) atoms. The number of likely N-dealkylation sites (tertiary alicyclic amines) is 1. The second kappa shape index (κ2) is 10.4. The van der Waals surface area contributed by atoms with E-state index in [2.05, 4.69) is 39.8 Å². The standard InChI is InChI=1S/C30H32N4O2/c1-33(2)30(36)23-13-16-25-26(19-23)32-29(35)27(25)28(22-9-5-3-6-10-22)31-24-14-11-21(12-15-24)20-34-17-7-4-8-18-34/h3,5-6,9-16,19,31H,4,7-8,17-18,20H2,1-2H3,(H,32,35)/b28-27-. The smallest absolute Gasteiger partial charge is 0.258 e. The van der Waals surface area contributed by atoms with Crippen LogP contribution in [0.5, 0.6) is 0 Å². The molecule has 1 saturated heterocycles. The number of amides is 2. The fraction of sp³-hybridized carbons (Fsp3) is 0.267. The summed E-state index contributed by atoms with van der Waals surface area (Å²) in [6.45, 7) is 3.30. The van der Waals surface area contributed by atoms with Crippen molar-refractivity contribution in [3.8, 4) is 0 Å². The predicted octanol–water partition coefficient (Wildman–Crippen LogP) is 5.31. The van der Waals surface area contributed by atoms with Crippen LogP contribution in [0.15, 0.2) is 72.8 Å². The molecule has 2 heterocycles. The van der Waals surface area contributed by atoms with E-state index in [0.29, 0.717) is 16.8 Å². The van der Waals surface area contributed by atoms with E-state index in [1.54, 1.807) is 26.2 Å². The van der Waals surface area contributed by atoms with E-state index in [1.807, 2.05) is 36.4 Å². The summed E-state index contributed by atoms with van der Waals surface area (Å²) in [5.74, 6) is -0.289. The predicted molar refractivity (Wildman–Crippen MR) is 146 cm³/mol. The second-order valence-corrected chi connectivity index (χ2v) is 9.69. The van der Waals surface area contributed by atoms with Crippen LogP contribution in [0.3, 0.4) is 0 Å². The molecule has 1 fully saturated rings. The molecule has 2 amide bonds. The van der Waals surface area contributed by atoms with Gasteiger partial charge >= 0.3 is 0 Å². The Bertz CT molecular complexity index is 1290. The number of nitrogens with zero attached hydrogens (tertiary/aromatic N) is 2. The number of benzene rings is 3. The molecular formula is C30H32N4O2. The van der Waals surface area contributed by atoms with Gasteiger partial charge in [-0.25, -0.2) is 0 Å². The van der Waals surface area contributed by atoms with Crippen molar-refractivity contribution in [1.29, 1.82) is 0 Å². The first-order valence-electron chi connectivity index (χ1n) is 12.5. The molecular weight excluding hydrogens is 448 g/mol. The van der Waals surface area contributed by atoms with Crippen LogP contribution in [0.2, 0.25) is 0 Å². The van der Waals surface area contributed by atoms with Crippen molar-refractivity contribution in [3.63, 3.8) is 0 Å². The highest BCUT2D eigenvalue weighted by Crippen LogP contribution is 2.38.